The Morgan fingerprint density at radius 1 is 1.11 bits per heavy atom. The van der Waals surface area contributed by atoms with Crippen LogP contribution in [0.1, 0.15) is 30.4 Å². The first kappa shape index (κ1) is 24.1. The fourth-order valence-electron chi connectivity index (χ4n) is 5.16. The van der Waals surface area contributed by atoms with Crippen molar-refractivity contribution in [3.8, 4) is 5.75 Å². The van der Waals surface area contributed by atoms with Crippen molar-refractivity contribution >= 4 is 23.5 Å². The van der Waals surface area contributed by atoms with Gasteiger partial charge in [0, 0.05) is 51.5 Å². The predicted octanol–water partition coefficient (Wildman–Crippen LogP) is 2.49. The molecule has 3 aliphatic heterocycles. The predicted molar refractivity (Wildman–Crippen MR) is 134 cm³/mol. The van der Waals surface area contributed by atoms with Crippen molar-refractivity contribution in [3.63, 3.8) is 0 Å². The molecule has 1 spiro atoms. The third-order valence-electron chi connectivity index (χ3n) is 7.18. The molecule has 1 N–H and O–H groups in total. The molecule has 9 heteroatoms. The molecule has 0 aromatic heterocycles. The van der Waals surface area contributed by atoms with Gasteiger partial charge in [-0.25, -0.2) is 4.79 Å². The van der Waals surface area contributed by atoms with Crippen LogP contribution in [-0.2, 0) is 26.4 Å². The van der Waals surface area contributed by atoms with Gasteiger partial charge < -0.3 is 24.6 Å². The Bertz CT molecular complexity index is 1150. The summed E-state index contributed by atoms with van der Waals surface area (Å²) in [5, 5.41) is 2.87. The Hall–Kier alpha value is -3.59. The molecule has 3 aliphatic rings. The second-order valence-corrected chi connectivity index (χ2v) is 9.79. The summed E-state index contributed by atoms with van der Waals surface area (Å²) in [6.07, 6.45) is 2.11. The normalized spacial score (nSPS) is 22.8. The molecule has 2 aromatic rings. The van der Waals surface area contributed by atoms with Gasteiger partial charge in [0.05, 0.1) is 12.7 Å². The molecule has 0 unspecified atom stereocenters. The quantitative estimate of drug-likeness (QED) is 0.598. The molecular weight excluding hydrogens is 460 g/mol. The summed E-state index contributed by atoms with van der Waals surface area (Å²) in [6.45, 7) is 1.45. The number of para-hydroxylation sites is 1. The van der Waals surface area contributed by atoms with Gasteiger partial charge in [-0.2, -0.15) is 0 Å². The van der Waals surface area contributed by atoms with Gasteiger partial charge in [-0.3, -0.25) is 14.5 Å². The average molecular weight is 493 g/mol. The third-order valence-corrected chi connectivity index (χ3v) is 7.18. The standard InChI is InChI=1S/C27H32N4O5/c1-29(2)20-11-9-19(10-12-20)16-30(17-21-6-5-14-35-21)24(32)18-31-25(33)27(28-26(31)34)13-15-36-23-8-4-3-7-22(23)27/h3-4,7-12,21H,5-6,13-18H2,1-2H3,(H,28,34)/t21-,27+/m0/s1. The second-order valence-electron chi connectivity index (χ2n) is 9.79. The summed E-state index contributed by atoms with van der Waals surface area (Å²) in [5.41, 5.74) is 1.46. The SMILES string of the molecule is CN(C)c1ccc(CN(C[C@@H]2CCCO2)C(=O)CN2C(=O)N[C@@]3(CCOc4ccccc43)C2=O)cc1. The number of carbonyl (C=O) groups excluding carboxylic acids is 3. The van der Waals surface area contributed by atoms with Gasteiger partial charge in [-0.1, -0.05) is 30.3 Å². The van der Waals surface area contributed by atoms with Crippen molar-refractivity contribution in [2.24, 2.45) is 0 Å². The van der Waals surface area contributed by atoms with E-state index in [0.717, 1.165) is 29.0 Å². The molecule has 9 nitrogen and oxygen atoms in total. The van der Waals surface area contributed by atoms with Gasteiger partial charge in [-0.05, 0) is 36.6 Å². The Kier molecular flexibility index (Phi) is 6.57. The first-order valence-electron chi connectivity index (χ1n) is 12.4. The smallest absolute Gasteiger partial charge is 0.325 e. The van der Waals surface area contributed by atoms with E-state index in [2.05, 4.69) is 5.32 Å². The topological polar surface area (TPSA) is 91.4 Å². The zero-order valence-electron chi connectivity index (χ0n) is 20.7. The number of anilines is 1. The van der Waals surface area contributed by atoms with Crippen LogP contribution in [0.4, 0.5) is 10.5 Å². The number of nitrogens with zero attached hydrogens (tertiary/aromatic N) is 3. The summed E-state index contributed by atoms with van der Waals surface area (Å²) in [7, 11) is 3.95. The number of hydrogen-bond acceptors (Lipinski definition) is 6. The number of urea groups is 1. The third kappa shape index (κ3) is 4.51. The van der Waals surface area contributed by atoms with Crippen LogP contribution in [0.25, 0.3) is 0 Å². The fourth-order valence-corrected chi connectivity index (χ4v) is 5.16. The van der Waals surface area contributed by atoms with Crippen molar-refractivity contribution < 1.29 is 23.9 Å². The number of ether oxygens (including phenoxy) is 2. The van der Waals surface area contributed by atoms with Crippen molar-refractivity contribution in [2.75, 3.05) is 45.3 Å². The van der Waals surface area contributed by atoms with Gasteiger partial charge >= 0.3 is 6.03 Å². The van der Waals surface area contributed by atoms with Gasteiger partial charge in [0.15, 0.2) is 5.54 Å². The van der Waals surface area contributed by atoms with E-state index in [1.54, 1.807) is 17.0 Å². The Balaban J connectivity index is 1.35. The van der Waals surface area contributed by atoms with E-state index in [9.17, 15) is 14.4 Å². The monoisotopic (exact) mass is 492 g/mol. The maximum atomic E-state index is 13.6. The van der Waals surface area contributed by atoms with Crippen LogP contribution >= 0.6 is 0 Å². The van der Waals surface area contributed by atoms with Crippen LogP contribution in [0.5, 0.6) is 5.75 Å². The summed E-state index contributed by atoms with van der Waals surface area (Å²) >= 11 is 0. The Morgan fingerprint density at radius 3 is 2.61 bits per heavy atom. The zero-order valence-corrected chi connectivity index (χ0v) is 20.7. The van der Waals surface area contributed by atoms with Crippen LogP contribution in [-0.4, -0.2) is 74.1 Å². The number of fused-ring (bicyclic) bond motifs is 2. The lowest BCUT2D eigenvalue weighted by atomic mass is 9.84. The highest BCUT2D eigenvalue weighted by Gasteiger charge is 2.55. The van der Waals surface area contributed by atoms with Crippen LogP contribution in [0.15, 0.2) is 48.5 Å². The molecule has 0 radical (unpaired) electrons. The Labute approximate surface area is 210 Å². The number of carbonyl (C=O) groups is 3. The first-order chi connectivity index (χ1) is 17.4. The highest BCUT2D eigenvalue weighted by atomic mass is 16.5. The number of rotatable bonds is 7. The maximum Gasteiger partial charge on any atom is 0.325 e. The summed E-state index contributed by atoms with van der Waals surface area (Å²) in [5.74, 6) is -0.126. The molecule has 3 heterocycles. The lowest BCUT2D eigenvalue weighted by Crippen LogP contribution is -2.48. The minimum atomic E-state index is -1.20. The van der Waals surface area contributed by atoms with Crippen LogP contribution < -0.4 is 15.0 Å². The number of imide groups is 1. The van der Waals surface area contributed by atoms with Gasteiger partial charge in [0.2, 0.25) is 5.91 Å². The molecule has 5 rings (SSSR count). The van der Waals surface area contributed by atoms with E-state index < -0.39 is 17.5 Å². The minimum absolute atomic E-state index is 0.0492. The minimum Gasteiger partial charge on any atom is -0.493 e. The van der Waals surface area contributed by atoms with E-state index in [1.165, 1.54) is 0 Å². The van der Waals surface area contributed by atoms with Crippen molar-refractivity contribution in [1.82, 2.24) is 15.1 Å². The largest absolute Gasteiger partial charge is 0.493 e. The first-order valence-corrected chi connectivity index (χ1v) is 12.4. The van der Waals surface area contributed by atoms with Crippen LogP contribution in [0.3, 0.4) is 0 Å². The van der Waals surface area contributed by atoms with Crippen molar-refractivity contribution in [1.29, 1.82) is 0 Å². The molecule has 0 bridgehead atoms. The van der Waals surface area contributed by atoms with Gasteiger partial charge in [0.25, 0.3) is 5.91 Å². The summed E-state index contributed by atoms with van der Waals surface area (Å²) in [6, 6.07) is 14.7. The molecule has 0 saturated carbocycles. The van der Waals surface area contributed by atoms with E-state index in [4.69, 9.17) is 9.47 Å². The Morgan fingerprint density at radius 2 is 1.89 bits per heavy atom. The number of hydrogen-bond donors (Lipinski definition) is 1. The lowest BCUT2D eigenvalue weighted by molar-refractivity contribution is -0.140. The fraction of sp³-hybridized carbons (Fsp3) is 0.444. The second kappa shape index (κ2) is 9.81. The number of nitrogens with one attached hydrogen (secondary N) is 1. The highest BCUT2D eigenvalue weighted by molar-refractivity contribution is 6.09. The summed E-state index contributed by atoms with van der Waals surface area (Å²) < 4.78 is 11.5. The van der Waals surface area contributed by atoms with Crippen LogP contribution in [0.2, 0.25) is 0 Å². The average Bonchev–Trinajstić information content (AvgIpc) is 3.47. The van der Waals surface area contributed by atoms with Crippen molar-refractivity contribution in [2.45, 2.75) is 37.5 Å². The zero-order chi connectivity index (χ0) is 25.3. The van der Waals surface area contributed by atoms with E-state index in [-0.39, 0.29) is 18.6 Å². The molecule has 36 heavy (non-hydrogen) atoms. The number of benzene rings is 2. The van der Waals surface area contributed by atoms with E-state index in [0.29, 0.717) is 44.0 Å². The molecule has 2 atom stereocenters. The number of amides is 4. The van der Waals surface area contributed by atoms with E-state index in [1.807, 2.05) is 55.4 Å². The molecule has 2 fully saturated rings. The van der Waals surface area contributed by atoms with Crippen LogP contribution in [0, 0.1) is 0 Å². The molecule has 2 saturated heterocycles. The molecule has 190 valence electrons. The molecular formula is C27H32N4O5. The lowest BCUT2D eigenvalue weighted by Gasteiger charge is -2.33. The molecule has 4 amide bonds. The molecule has 2 aromatic carbocycles. The maximum absolute atomic E-state index is 13.6. The molecule has 0 aliphatic carbocycles. The summed E-state index contributed by atoms with van der Waals surface area (Å²) in [4.78, 5) is 44.9. The van der Waals surface area contributed by atoms with Crippen molar-refractivity contribution in [3.05, 3.63) is 59.7 Å². The van der Waals surface area contributed by atoms with E-state index >= 15 is 0 Å². The van der Waals surface area contributed by atoms with Gasteiger partial charge in [-0.15, -0.1) is 0 Å². The van der Waals surface area contributed by atoms with Gasteiger partial charge in [0.1, 0.15) is 12.3 Å². The highest BCUT2D eigenvalue weighted by Crippen LogP contribution is 2.41.